The first-order valence-corrected chi connectivity index (χ1v) is 19.9. The maximum Gasteiger partial charge on any atom is 0.160 e. The molecule has 0 amide bonds. The Bertz CT molecular complexity index is 3770. The van der Waals surface area contributed by atoms with Gasteiger partial charge in [-0.25, -0.2) is 0 Å². The molecule has 13 rings (SSSR count). The van der Waals surface area contributed by atoms with Crippen molar-refractivity contribution in [1.29, 1.82) is 0 Å². The SMILES string of the molecule is c1ccc(-n2c3ccccc3c3cc(-c4ccc5c(c4)c4cc6ccccc6cc4n5-c4cc5c6ccccc6sc5c5c4oc4ccccc45)ccc32)cc1. The second-order valence-electron chi connectivity index (χ2n) is 14.9. The van der Waals surface area contributed by atoms with E-state index in [2.05, 4.69) is 191 Å². The Kier molecular flexibility index (Phi) is 6.04. The molecule has 9 aromatic carbocycles. The zero-order valence-corrected chi connectivity index (χ0v) is 30.8. The van der Waals surface area contributed by atoms with E-state index in [1.54, 1.807) is 0 Å². The molecule has 0 aliphatic carbocycles. The van der Waals surface area contributed by atoms with Crippen molar-refractivity contribution < 1.29 is 4.42 Å². The Morgan fingerprint density at radius 3 is 1.82 bits per heavy atom. The normalized spacial score (nSPS) is 12.3. The monoisotopic (exact) mass is 730 g/mol. The summed E-state index contributed by atoms with van der Waals surface area (Å²) in [5.41, 5.74) is 11.2. The predicted molar refractivity (Wildman–Crippen MR) is 238 cm³/mol. The molecule has 0 unspecified atom stereocenters. The van der Waals surface area contributed by atoms with E-state index in [4.69, 9.17) is 4.42 Å². The number of rotatable bonds is 3. The van der Waals surface area contributed by atoms with Crippen LogP contribution >= 0.6 is 11.3 Å². The number of fused-ring (bicyclic) bond motifs is 14. The summed E-state index contributed by atoms with van der Waals surface area (Å²) in [6, 6.07) is 66.4. The molecular weight excluding hydrogens is 701 g/mol. The summed E-state index contributed by atoms with van der Waals surface area (Å²) in [6.45, 7) is 0. The molecule has 3 nitrogen and oxygen atoms in total. The van der Waals surface area contributed by atoms with Gasteiger partial charge in [0.2, 0.25) is 0 Å². The standard InChI is InChI=1S/C52H30N2OS/c1-2-14-35(15-3-1)53-43-19-9-6-16-36(43)39-27-33(22-24-44(39)53)34-23-25-45-40(28-34)41-26-31-12-4-5-13-32(31)29-46(41)54(45)47-30-42-37-17-8-11-21-49(37)56-52(42)50-38-18-7-10-20-48(38)55-51(47)50/h1-30H. The lowest BCUT2D eigenvalue weighted by molar-refractivity contribution is 0.666. The Hall–Kier alpha value is -7.14. The maximum absolute atomic E-state index is 6.88. The van der Waals surface area contributed by atoms with Crippen LogP contribution in [0.3, 0.4) is 0 Å². The highest BCUT2D eigenvalue weighted by atomic mass is 32.1. The van der Waals surface area contributed by atoms with Gasteiger partial charge in [0.15, 0.2) is 5.58 Å². The number of furan rings is 1. The van der Waals surface area contributed by atoms with E-state index in [0.717, 1.165) is 33.3 Å². The highest BCUT2D eigenvalue weighted by Crippen LogP contribution is 2.47. The van der Waals surface area contributed by atoms with Crippen LogP contribution in [0.15, 0.2) is 186 Å². The lowest BCUT2D eigenvalue weighted by Gasteiger charge is -2.11. The first-order chi connectivity index (χ1) is 27.8. The molecule has 0 N–H and O–H groups in total. The van der Waals surface area contributed by atoms with Gasteiger partial charge in [-0.05, 0) is 94.7 Å². The summed E-state index contributed by atoms with van der Waals surface area (Å²) >= 11 is 1.86. The highest BCUT2D eigenvalue weighted by Gasteiger charge is 2.23. The van der Waals surface area contributed by atoms with Gasteiger partial charge < -0.3 is 13.6 Å². The second kappa shape index (κ2) is 11.2. The molecule has 13 aromatic rings. The number of thiophene rings is 1. The average Bonchev–Trinajstić information content (AvgIpc) is 4.00. The van der Waals surface area contributed by atoms with Gasteiger partial charge in [-0.1, -0.05) is 109 Å². The average molecular weight is 731 g/mol. The number of nitrogens with zero attached hydrogens (tertiary/aromatic N) is 2. The number of aromatic nitrogens is 2. The van der Waals surface area contributed by atoms with Crippen molar-refractivity contribution in [2.45, 2.75) is 0 Å². The van der Waals surface area contributed by atoms with Crippen LogP contribution < -0.4 is 0 Å². The van der Waals surface area contributed by atoms with E-state index in [9.17, 15) is 0 Å². The zero-order valence-electron chi connectivity index (χ0n) is 30.0. The third kappa shape index (κ3) is 4.11. The molecule has 0 aliphatic heterocycles. The van der Waals surface area contributed by atoms with Crippen LogP contribution in [0.1, 0.15) is 0 Å². The zero-order chi connectivity index (χ0) is 36.5. The van der Waals surface area contributed by atoms with E-state index in [-0.39, 0.29) is 0 Å². The molecule has 0 atom stereocenters. The van der Waals surface area contributed by atoms with Crippen molar-refractivity contribution in [3.8, 4) is 22.5 Å². The van der Waals surface area contributed by atoms with Gasteiger partial charge in [-0.15, -0.1) is 11.3 Å². The van der Waals surface area contributed by atoms with Gasteiger partial charge in [0, 0.05) is 58.2 Å². The summed E-state index contributed by atoms with van der Waals surface area (Å²) in [6.07, 6.45) is 0. The van der Waals surface area contributed by atoms with Crippen molar-refractivity contribution in [3.63, 3.8) is 0 Å². The fraction of sp³-hybridized carbons (Fsp3) is 0. The van der Waals surface area contributed by atoms with Crippen LogP contribution in [0.2, 0.25) is 0 Å². The minimum absolute atomic E-state index is 0.909. The fourth-order valence-corrected chi connectivity index (χ4v) is 10.6. The number of hydrogen-bond acceptors (Lipinski definition) is 2. The third-order valence-corrected chi connectivity index (χ3v) is 13.1. The quantitative estimate of drug-likeness (QED) is 0.177. The Labute approximate surface area is 324 Å². The van der Waals surface area contributed by atoms with Gasteiger partial charge in [0.25, 0.3) is 0 Å². The summed E-state index contributed by atoms with van der Waals surface area (Å²) in [5.74, 6) is 0. The highest BCUT2D eigenvalue weighted by molar-refractivity contribution is 7.26. The summed E-state index contributed by atoms with van der Waals surface area (Å²) in [5, 5.41) is 12.3. The molecule has 0 spiro atoms. The Balaban J connectivity index is 1.11. The fourth-order valence-electron chi connectivity index (χ4n) is 9.37. The summed E-state index contributed by atoms with van der Waals surface area (Å²) in [7, 11) is 0. The Morgan fingerprint density at radius 2 is 1.00 bits per heavy atom. The number of hydrogen-bond donors (Lipinski definition) is 0. The minimum atomic E-state index is 0.909. The number of para-hydroxylation sites is 3. The van der Waals surface area contributed by atoms with E-state index >= 15 is 0 Å². The lowest BCUT2D eigenvalue weighted by atomic mass is 10.00. The van der Waals surface area contributed by atoms with Crippen LogP contribution in [-0.2, 0) is 0 Å². The molecule has 260 valence electrons. The van der Waals surface area contributed by atoms with Gasteiger partial charge in [0.05, 0.1) is 27.8 Å². The van der Waals surface area contributed by atoms with E-state index in [1.807, 2.05) is 11.3 Å². The van der Waals surface area contributed by atoms with Crippen molar-refractivity contribution in [3.05, 3.63) is 182 Å². The van der Waals surface area contributed by atoms with Gasteiger partial charge >= 0.3 is 0 Å². The molecular formula is C52H30N2OS. The molecule has 56 heavy (non-hydrogen) atoms. The smallest absolute Gasteiger partial charge is 0.160 e. The van der Waals surface area contributed by atoms with Crippen molar-refractivity contribution in [1.82, 2.24) is 9.13 Å². The summed E-state index contributed by atoms with van der Waals surface area (Å²) < 4.78 is 14.3. The predicted octanol–water partition coefficient (Wildman–Crippen LogP) is 15.0. The Morgan fingerprint density at radius 1 is 0.393 bits per heavy atom. The topological polar surface area (TPSA) is 23.0 Å². The first kappa shape index (κ1) is 30.2. The molecule has 0 bridgehead atoms. The van der Waals surface area contributed by atoms with Crippen LogP contribution in [-0.4, -0.2) is 9.13 Å². The maximum atomic E-state index is 6.88. The van der Waals surface area contributed by atoms with Crippen molar-refractivity contribution >= 4 is 108 Å². The van der Waals surface area contributed by atoms with Crippen LogP contribution in [0.4, 0.5) is 0 Å². The molecule has 4 aromatic heterocycles. The van der Waals surface area contributed by atoms with E-state index in [1.165, 1.54) is 85.7 Å². The van der Waals surface area contributed by atoms with Crippen LogP contribution in [0.25, 0.3) is 119 Å². The first-order valence-electron chi connectivity index (χ1n) is 19.1. The van der Waals surface area contributed by atoms with Gasteiger partial charge in [-0.2, -0.15) is 0 Å². The largest absolute Gasteiger partial charge is 0.454 e. The molecule has 4 heteroatoms. The molecule has 0 fully saturated rings. The van der Waals surface area contributed by atoms with Crippen molar-refractivity contribution in [2.75, 3.05) is 0 Å². The van der Waals surface area contributed by atoms with Crippen molar-refractivity contribution in [2.24, 2.45) is 0 Å². The molecule has 0 saturated heterocycles. The lowest BCUT2D eigenvalue weighted by Crippen LogP contribution is -1.95. The minimum Gasteiger partial charge on any atom is -0.454 e. The second-order valence-corrected chi connectivity index (χ2v) is 15.9. The molecule has 0 radical (unpaired) electrons. The van der Waals surface area contributed by atoms with E-state index in [0.29, 0.717) is 0 Å². The van der Waals surface area contributed by atoms with Gasteiger partial charge in [-0.3, -0.25) is 0 Å². The molecule has 0 saturated carbocycles. The summed E-state index contributed by atoms with van der Waals surface area (Å²) in [4.78, 5) is 0. The molecule has 4 heterocycles. The third-order valence-electron chi connectivity index (χ3n) is 11.9. The molecule has 0 aliphatic rings. The van der Waals surface area contributed by atoms with Crippen LogP contribution in [0, 0.1) is 0 Å². The number of benzene rings is 9. The van der Waals surface area contributed by atoms with Crippen LogP contribution in [0.5, 0.6) is 0 Å². The van der Waals surface area contributed by atoms with E-state index < -0.39 is 0 Å². The van der Waals surface area contributed by atoms with Gasteiger partial charge in [0.1, 0.15) is 5.58 Å².